The lowest BCUT2D eigenvalue weighted by molar-refractivity contribution is 0.258. The minimum atomic E-state index is -0.163. The quantitative estimate of drug-likeness (QED) is 0.623. The molecular formula is C11H15BO2. The van der Waals surface area contributed by atoms with Gasteiger partial charge in [0, 0.05) is 0 Å². The summed E-state index contributed by atoms with van der Waals surface area (Å²) in [7, 11) is -0.163. The Labute approximate surface area is 85.4 Å². The molecule has 1 atom stereocenters. The van der Waals surface area contributed by atoms with Crippen LogP contribution in [0, 0.1) is 13.8 Å². The molecule has 1 heterocycles. The molecule has 1 fully saturated rings. The van der Waals surface area contributed by atoms with Crippen molar-refractivity contribution in [2.75, 3.05) is 6.61 Å². The van der Waals surface area contributed by atoms with Crippen molar-refractivity contribution < 1.29 is 9.31 Å². The first-order valence-electron chi connectivity index (χ1n) is 5.00. The molecule has 0 saturated carbocycles. The fraction of sp³-hybridized carbons (Fsp3) is 0.455. The monoisotopic (exact) mass is 190 g/mol. The Morgan fingerprint density at radius 1 is 1.21 bits per heavy atom. The molecule has 14 heavy (non-hydrogen) atoms. The summed E-state index contributed by atoms with van der Waals surface area (Å²) in [5.74, 6) is 0. The fourth-order valence-corrected chi connectivity index (χ4v) is 1.83. The highest BCUT2D eigenvalue weighted by Gasteiger charge is 2.30. The average molecular weight is 190 g/mol. The first-order valence-corrected chi connectivity index (χ1v) is 5.00. The van der Waals surface area contributed by atoms with Gasteiger partial charge >= 0.3 is 7.12 Å². The van der Waals surface area contributed by atoms with E-state index in [-0.39, 0.29) is 13.2 Å². The second-order valence-electron chi connectivity index (χ2n) is 4.03. The number of aryl methyl sites for hydroxylation is 2. The van der Waals surface area contributed by atoms with Gasteiger partial charge in [-0.15, -0.1) is 0 Å². The number of hydrogen-bond donors (Lipinski definition) is 0. The van der Waals surface area contributed by atoms with Crippen LogP contribution in [0.3, 0.4) is 0 Å². The van der Waals surface area contributed by atoms with Crippen LogP contribution >= 0.6 is 0 Å². The molecule has 1 aliphatic rings. The molecule has 1 saturated heterocycles. The lowest BCUT2D eigenvalue weighted by atomic mass is 9.78. The molecule has 0 N–H and O–H groups in total. The van der Waals surface area contributed by atoms with Crippen molar-refractivity contribution in [2.24, 2.45) is 0 Å². The van der Waals surface area contributed by atoms with Crippen molar-refractivity contribution in [3.05, 3.63) is 29.3 Å². The van der Waals surface area contributed by atoms with E-state index in [0.717, 1.165) is 5.46 Å². The first-order chi connectivity index (χ1) is 6.65. The molecule has 0 aliphatic carbocycles. The van der Waals surface area contributed by atoms with E-state index in [1.807, 2.05) is 6.92 Å². The highest BCUT2D eigenvalue weighted by Crippen LogP contribution is 2.09. The highest BCUT2D eigenvalue weighted by atomic mass is 16.6. The van der Waals surface area contributed by atoms with Gasteiger partial charge in [0.25, 0.3) is 0 Å². The molecule has 74 valence electrons. The van der Waals surface area contributed by atoms with E-state index in [1.54, 1.807) is 0 Å². The van der Waals surface area contributed by atoms with E-state index >= 15 is 0 Å². The van der Waals surface area contributed by atoms with Gasteiger partial charge in [0.2, 0.25) is 0 Å². The van der Waals surface area contributed by atoms with Gasteiger partial charge in [0.15, 0.2) is 0 Å². The minimum Gasteiger partial charge on any atom is -0.405 e. The molecule has 3 heteroatoms. The third-order valence-electron chi connectivity index (χ3n) is 2.35. The Hall–Kier alpha value is -0.795. The van der Waals surface area contributed by atoms with Crippen LogP contribution in [0.1, 0.15) is 18.1 Å². The van der Waals surface area contributed by atoms with Gasteiger partial charge in [0.1, 0.15) is 0 Å². The van der Waals surface area contributed by atoms with E-state index < -0.39 is 0 Å². The molecule has 0 amide bonds. The third kappa shape index (κ3) is 1.99. The van der Waals surface area contributed by atoms with E-state index in [0.29, 0.717) is 6.61 Å². The van der Waals surface area contributed by atoms with Crippen molar-refractivity contribution in [3.63, 3.8) is 0 Å². The maximum Gasteiger partial charge on any atom is 0.494 e. The zero-order valence-electron chi connectivity index (χ0n) is 8.91. The summed E-state index contributed by atoms with van der Waals surface area (Å²) in [6, 6.07) is 6.40. The van der Waals surface area contributed by atoms with Gasteiger partial charge in [0.05, 0.1) is 12.7 Å². The van der Waals surface area contributed by atoms with Crippen molar-refractivity contribution in [2.45, 2.75) is 26.9 Å². The van der Waals surface area contributed by atoms with Crippen molar-refractivity contribution in [1.29, 1.82) is 0 Å². The van der Waals surface area contributed by atoms with E-state index in [1.165, 1.54) is 11.1 Å². The predicted molar refractivity (Wildman–Crippen MR) is 57.8 cm³/mol. The Balaban J connectivity index is 2.23. The number of hydrogen-bond acceptors (Lipinski definition) is 2. The van der Waals surface area contributed by atoms with E-state index in [2.05, 4.69) is 32.0 Å². The summed E-state index contributed by atoms with van der Waals surface area (Å²) in [4.78, 5) is 0. The van der Waals surface area contributed by atoms with Crippen LogP contribution in [-0.2, 0) is 9.31 Å². The molecule has 0 radical (unpaired) electrons. The largest absolute Gasteiger partial charge is 0.494 e. The Morgan fingerprint density at radius 3 is 2.36 bits per heavy atom. The van der Waals surface area contributed by atoms with Gasteiger partial charge in [-0.2, -0.15) is 0 Å². The van der Waals surface area contributed by atoms with E-state index in [4.69, 9.17) is 9.31 Å². The van der Waals surface area contributed by atoms with Crippen LogP contribution in [0.2, 0.25) is 0 Å². The Kier molecular flexibility index (Phi) is 2.61. The smallest absolute Gasteiger partial charge is 0.405 e. The zero-order valence-corrected chi connectivity index (χ0v) is 8.91. The minimum absolute atomic E-state index is 0.163. The van der Waals surface area contributed by atoms with Crippen molar-refractivity contribution in [1.82, 2.24) is 0 Å². The Bertz CT molecular complexity index is 318. The average Bonchev–Trinajstić information content (AvgIpc) is 2.50. The predicted octanol–water partition coefficient (Wildman–Crippen LogP) is 1.43. The molecule has 1 aromatic carbocycles. The molecule has 1 aliphatic heterocycles. The standard InChI is InChI=1S/C11H15BO2/c1-8-4-9(2)6-11(5-8)12-13-7-10(3)14-12/h4-6,10H,7H2,1-3H3. The van der Waals surface area contributed by atoms with Gasteiger partial charge in [-0.05, 0) is 26.2 Å². The van der Waals surface area contributed by atoms with Gasteiger partial charge < -0.3 is 9.31 Å². The molecule has 1 unspecified atom stereocenters. The fourth-order valence-electron chi connectivity index (χ4n) is 1.83. The van der Waals surface area contributed by atoms with Crippen molar-refractivity contribution >= 4 is 12.6 Å². The SMILES string of the molecule is Cc1cc(C)cc(B2OCC(C)O2)c1. The lowest BCUT2D eigenvalue weighted by Crippen LogP contribution is -2.32. The van der Waals surface area contributed by atoms with Gasteiger partial charge in [-0.1, -0.05) is 29.3 Å². The summed E-state index contributed by atoms with van der Waals surface area (Å²) in [6.07, 6.45) is 0.209. The summed E-state index contributed by atoms with van der Waals surface area (Å²) >= 11 is 0. The maximum atomic E-state index is 5.64. The summed E-state index contributed by atoms with van der Waals surface area (Å²) in [5.41, 5.74) is 3.64. The summed E-state index contributed by atoms with van der Waals surface area (Å²) in [5, 5.41) is 0. The zero-order chi connectivity index (χ0) is 10.1. The van der Waals surface area contributed by atoms with Crippen LogP contribution in [0.4, 0.5) is 0 Å². The molecule has 2 rings (SSSR count). The van der Waals surface area contributed by atoms with Gasteiger partial charge in [-0.25, -0.2) is 0 Å². The normalized spacial score (nSPS) is 21.6. The summed E-state index contributed by atoms with van der Waals surface area (Å²) < 4.78 is 11.2. The molecule has 0 bridgehead atoms. The van der Waals surface area contributed by atoms with Crippen LogP contribution < -0.4 is 5.46 Å². The van der Waals surface area contributed by atoms with Crippen LogP contribution in [-0.4, -0.2) is 19.8 Å². The number of benzene rings is 1. The molecule has 0 aromatic heterocycles. The number of rotatable bonds is 1. The second kappa shape index (κ2) is 3.75. The van der Waals surface area contributed by atoms with E-state index in [9.17, 15) is 0 Å². The summed E-state index contributed by atoms with van der Waals surface area (Å²) in [6.45, 7) is 6.91. The second-order valence-corrected chi connectivity index (χ2v) is 4.03. The van der Waals surface area contributed by atoms with Crippen LogP contribution in [0.15, 0.2) is 18.2 Å². The maximum absolute atomic E-state index is 5.64. The Morgan fingerprint density at radius 2 is 1.86 bits per heavy atom. The van der Waals surface area contributed by atoms with Crippen LogP contribution in [0.5, 0.6) is 0 Å². The van der Waals surface area contributed by atoms with Gasteiger partial charge in [-0.3, -0.25) is 0 Å². The third-order valence-corrected chi connectivity index (χ3v) is 2.35. The highest BCUT2D eigenvalue weighted by molar-refractivity contribution is 6.61. The first kappa shape index (κ1) is 9.75. The van der Waals surface area contributed by atoms with Crippen LogP contribution in [0.25, 0.3) is 0 Å². The van der Waals surface area contributed by atoms with Crippen molar-refractivity contribution in [3.8, 4) is 0 Å². The molecular weight excluding hydrogens is 175 g/mol. The molecule has 1 aromatic rings. The molecule has 0 spiro atoms. The lowest BCUT2D eigenvalue weighted by Gasteiger charge is -2.07. The molecule has 2 nitrogen and oxygen atoms in total. The topological polar surface area (TPSA) is 18.5 Å².